The Balaban J connectivity index is 2.07. The van der Waals surface area contributed by atoms with Gasteiger partial charge in [0.15, 0.2) is 0 Å². The number of hydrogen-bond donors (Lipinski definition) is 1. The van der Waals surface area contributed by atoms with Crippen molar-refractivity contribution in [3.8, 4) is 0 Å². The van der Waals surface area contributed by atoms with Crippen molar-refractivity contribution < 1.29 is 19.1 Å². The third-order valence-electron chi connectivity index (χ3n) is 3.44. The van der Waals surface area contributed by atoms with Crippen molar-refractivity contribution >= 4 is 11.9 Å². The lowest BCUT2D eigenvalue weighted by molar-refractivity contribution is -0.143. The lowest BCUT2D eigenvalue weighted by atomic mass is 10.1. The van der Waals surface area contributed by atoms with E-state index in [1.165, 1.54) is 12.1 Å². The van der Waals surface area contributed by atoms with Crippen LogP contribution in [0, 0.1) is 17.7 Å². The second-order valence-electron chi connectivity index (χ2n) is 5.36. The standard InChI is InChI=1S/C15H18FNO3/c1-10(15(19)20)8-17(14(18)12-4-5-12)9-11-2-6-13(16)7-3-11/h2-3,6-7,10,12H,4-5,8-9H2,1H3,(H,19,20). The van der Waals surface area contributed by atoms with E-state index in [-0.39, 0.29) is 24.2 Å². The molecule has 1 atom stereocenters. The number of carbonyl (C=O) groups is 2. The summed E-state index contributed by atoms with van der Waals surface area (Å²) in [6.45, 7) is 2.09. The molecule has 1 unspecified atom stereocenters. The number of halogens is 1. The van der Waals surface area contributed by atoms with Gasteiger partial charge in [-0.1, -0.05) is 19.1 Å². The number of amides is 1. The van der Waals surface area contributed by atoms with Crippen LogP contribution in [0.2, 0.25) is 0 Å². The van der Waals surface area contributed by atoms with E-state index in [0.717, 1.165) is 18.4 Å². The molecule has 0 aliphatic heterocycles. The highest BCUT2D eigenvalue weighted by Crippen LogP contribution is 2.31. The van der Waals surface area contributed by atoms with Crippen molar-refractivity contribution in [3.63, 3.8) is 0 Å². The first-order valence-corrected chi connectivity index (χ1v) is 6.73. The summed E-state index contributed by atoms with van der Waals surface area (Å²) in [6.07, 6.45) is 1.75. The highest BCUT2D eigenvalue weighted by Gasteiger charge is 2.34. The van der Waals surface area contributed by atoms with Crippen molar-refractivity contribution in [2.75, 3.05) is 6.54 Å². The molecule has 0 aromatic heterocycles. The van der Waals surface area contributed by atoms with Gasteiger partial charge in [-0.05, 0) is 30.5 Å². The molecular weight excluding hydrogens is 261 g/mol. The molecule has 0 saturated heterocycles. The van der Waals surface area contributed by atoms with Gasteiger partial charge in [0.1, 0.15) is 5.82 Å². The fraction of sp³-hybridized carbons (Fsp3) is 0.467. The van der Waals surface area contributed by atoms with E-state index in [2.05, 4.69) is 0 Å². The fourth-order valence-corrected chi connectivity index (χ4v) is 2.04. The van der Waals surface area contributed by atoms with Crippen LogP contribution in [0.1, 0.15) is 25.3 Å². The Kier molecular flexibility index (Phi) is 4.37. The summed E-state index contributed by atoms with van der Waals surface area (Å²) in [7, 11) is 0. The van der Waals surface area contributed by atoms with Crippen LogP contribution < -0.4 is 0 Å². The molecule has 1 aromatic carbocycles. The third kappa shape index (κ3) is 3.79. The molecule has 1 fully saturated rings. The largest absolute Gasteiger partial charge is 0.481 e. The SMILES string of the molecule is CC(CN(Cc1ccc(F)cc1)C(=O)C1CC1)C(=O)O. The minimum atomic E-state index is -0.919. The first kappa shape index (κ1) is 14.5. The zero-order valence-electron chi connectivity index (χ0n) is 11.4. The Morgan fingerprint density at radius 2 is 1.95 bits per heavy atom. The van der Waals surface area contributed by atoms with Gasteiger partial charge in [0, 0.05) is 19.0 Å². The van der Waals surface area contributed by atoms with Gasteiger partial charge in [0.05, 0.1) is 5.92 Å². The summed E-state index contributed by atoms with van der Waals surface area (Å²) in [6, 6.07) is 5.92. The average Bonchev–Trinajstić information content (AvgIpc) is 3.23. The molecule has 4 nitrogen and oxygen atoms in total. The van der Waals surface area contributed by atoms with Gasteiger partial charge in [-0.15, -0.1) is 0 Å². The number of carboxylic acid groups (broad SMARTS) is 1. The number of aliphatic carboxylic acids is 1. The Morgan fingerprint density at radius 1 is 1.35 bits per heavy atom. The van der Waals surface area contributed by atoms with Crippen LogP contribution in [0.3, 0.4) is 0 Å². The van der Waals surface area contributed by atoms with Crippen molar-refractivity contribution in [2.24, 2.45) is 11.8 Å². The molecule has 108 valence electrons. The molecular formula is C15H18FNO3. The Hall–Kier alpha value is -1.91. The molecule has 1 aromatic rings. The smallest absolute Gasteiger partial charge is 0.308 e. The number of nitrogens with zero attached hydrogens (tertiary/aromatic N) is 1. The Labute approximate surface area is 117 Å². The maximum atomic E-state index is 12.9. The number of rotatable bonds is 6. The summed E-state index contributed by atoms with van der Waals surface area (Å²) >= 11 is 0. The zero-order valence-corrected chi connectivity index (χ0v) is 11.4. The number of benzene rings is 1. The predicted molar refractivity (Wildman–Crippen MR) is 71.3 cm³/mol. The first-order valence-electron chi connectivity index (χ1n) is 6.73. The van der Waals surface area contributed by atoms with Gasteiger partial charge >= 0.3 is 5.97 Å². The summed E-state index contributed by atoms with van der Waals surface area (Å²) in [5, 5.41) is 8.98. The van der Waals surface area contributed by atoms with E-state index in [9.17, 15) is 14.0 Å². The minimum Gasteiger partial charge on any atom is -0.481 e. The van der Waals surface area contributed by atoms with E-state index in [0.29, 0.717) is 6.54 Å². The van der Waals surface area contributed by atoms with Crippen LogP contribution in [-0.4, -0.2) is 28.4 Å². The van der Waals surface area contributed by atoms with Gasteiger partial charge < -0.3 is 10.0 Å². The summed E-state index contributed by atoms with van der Waals surface area (Å²) in [5.74, 6) is -1.82. The van der Waals surface area contributed by atoms with E-state index in [1.54, 1.807) is 24.0 Å². The lowest BCUT2D eigenvalue weighted by Crippen LogP contribution is -2.37. The third-order valence-corrected chi connectivity index (χ3v) is 3.44. The van der Waals surface area contributed by atoms with Crippen LogP contribution in [0.5, 0.6) is 0 Å². The molecule has 1 aliphatic rings. The number of hydrogen-bond acceptors (Lipinski definition) is 2. The molecule has 1 saturated carbocycles. The molecule has 1 N–H and O–H groups in total. The van der Waals surface area contributed by atoms with Gasteiger partial charge in [-0.2, -0.15) is 0 Å². The minimum absolute atomic E-state index is 0.00225. The molecule has 2 rings (SSSR count). The molecule has 0 radical (unpaired) electrons. The van der Waals surface area contributed by atoms with Crippen molar-refractivity contribution in [3.05, 3.63) is 35.6 Å². The van der Waals surface area contributed by atoms with E-state index in [4.69, 9.17) is 5.11 Å². The second-order valence-corrected chi connectivity index (χ2v) is 5.36. The van der Waals surface area contributed by atoms with Crippen molar-refractivity contribution in [2.45, 2.75) is 26.3 Å². The molecule has 1 amide bonds. The topological polar surface area (TPSA) is 57.6 Å². The summed E-state index contributed by atoms with van der Waals surface area (Å²) < 4.78 is 12.9. The monoisotopic (exact) mass is 279 g/mol. The quantitative estimate of drug-likeness (QED) is 0.869. The summed E-state index contributed by atoms with van der Waals surface area (Å²) in [4.78, 5) is 24.7. The van der Waals surface area contributed by atoms with Crippen LogP contribution in [-0.2, 0) is 16.1 Å². The highest BCUT2D eigenvalue weighted by atomic mass is 19.1. The average molecular weight is 279 g/mol. The van der Waals surface area contributed by atoms with Crippen molar-refractivity contribution in [1.29, 1.82) is 0 Å². The lowest BCUT2D eigenvalue weighted by Gasteiger charge is -2.24. The van der Waals surface area contributed by atoms with Gasteiger partial charge in [-0.25, -0.2) is 4.39 Å². The molecule has 5 heteroatoms. The van der Waals surface area contributed by atoms with Gasteiger partial charge in [0.25, 0.3) is 0 Å². The normalized spacial score (nSPS) is 15.7. The molecule has 0 heterocycles. The maximum absolute atomic E-state index is 12.9. The van der Waals surface area contributed by atoms with Gasteiger partial charge in [0.2, 0.25) is 5.91 Å². The highest BCUT2D eigenvalue weighted by molar-refractivity contribution is 5.81. The maximum Gasteiger partial charge on any atom is 0.308 e. The van der Waals surface area contributed by atoms with E-state index >= 15 is 0 Å². The molecule has 20 heavy (non-hydrogen) atoms. The van der Waals surface area contributed by atoms with Crippen LogP contribution in [0.25, 0.3) is 0 Å². The zero-order chi connectivity index (χ0) is 14.7. The van der Waals surface area contributed by atoms with Crippen molar-refractivity contribution in [1.82, 2.24) is 4.90 Å². The van der Waals surface area contributed by atoms with Crippen LogP contribution >= 0.6 is 0 Å². The molecule has 0 bridgehead atoms. The number of carbonyl (C=O) groups excluding carboxylic acids is 1. The Morgan fingerprint density at radius 3 is 2.45 bits per heavy atom. The van der Waals surface area contributed by atoms with Crippen LogP contribution in [0.4, 0.5) is 4.39 Å². The first-order chi connectivity index (χ1) is 9.47. The van der Waals surface area contributed by atoms with E-state index in [1.807, 2.05) is 0 Å². The Bertz CT molecular complexity index is 496. The van der Waals surface area contributed by atoms with Gasteiger partial charge in [-0.3, -0.25) is 9.59 Å². The summed E-state index contributed by atoms with van der Waals surface area (Å²) in [5.41, 5.74) is 0.804. The second kappa shape index (κ2) is 6.03. The molecule has 0 spiro atoms. The molecule has 1 aliphatic carbocycles. The van der Waals surface area contributed by atoms with Crippen LogP contribution in [0.15, 0.2) is 24.3 Å². The predicted octanol–water partition coefficient (Wildman–Crippen LogP) is 2.29. The fourth-order valence-electron chi connectivity index (χ4n) is 2.04. The number of carboxylic acids is 1. The van der Waals surface area contributed by atoms with E-state index < -0.39 is 11.9 Å².